The number of hydrogen-bond acceptors (Lipinski definition) is 4. The molecule has 4 heteroatoms. The van der Waals surface area contributed by atoms with E-state index in [0.29, 0.717) is 37.7 Å². The fourth-order valence-electron chi connectivity index (χ4n) is 6.13. The molecule has 0 heterocycles. The molecule has 0 aliphatic heterocycles. The molecule has 0 aromatic rings. The maximum atomic E-state index is 10.1. The lowest BCUT2D eigenvalue weighted by molar-refractivity contribution is -0.0454. The Bertz CT molecular complexity index is 686. The lowest BCUT2D eigenvalue weighted by Crippen LogP contribution is -2.39. The average molecular weight is 419 g/mol. The number of ether oxygens (including phenoxy) is 1. The second-order valence-electron chi connectivity index (χ2n) is 10.8. The van der Waals surface area contributed by atoms with Crippen LogP contribution in [-0.2, 0) is 4.74 Å². The molecule has 3 rings (SSSR count). The molecule has 0 saturated heterocycles. The molecule has 30 heavy (non-hydrogen) atoms. The summed E-state index contributed by atoms with van der Waals surface area (Å²) in [5, 5.41) is 30.1. The maximum absolute atomic E-state index is 10.1. The Kier molecular flexibility index (Phi) is 7.33. The Morgan fingerprint density at radius 2 is 2.00 bits per heavy atom. The molecule has 3 aliphatic rings. The summed E-state index contributed by atoms with van der Waals surface area (Å²) in [6, 6.07) is 0. The van der Waals surface area contributed by atoms with Crippen molar-refractivity contribution in [1.29, 1.82) is 0 Å². The monoisotopic (exact) mass is 418 g/mol. The summed E-state index contributed by atoms with van der Waals surface area (Å²) in [5.41, 5.74) is 2.82. The first-order valence-corrected chi connectivity index (χ1v) is 11.8. The van der Waals surface area contributed by atoms with Crippen molar-refractivity contribution in [1.82, 2.24) is 0 Å². The van der Waals surface area contributed by atoms with Gasteiger partial charge in [-0.05, 0) is 94.1 Å². The molecule has 4 nitrogen and oxygen atoms in total. The SMILES string of the molecule is C=C1/C(=C/C=C2\CCCC3(C)C2CCC3[C@H](C)OCCC(C)(C)O)CC(O)C[C@@H]1O. The second-order valence-corrected chi connectivity index (χ2v) is 10.8. The fourth-order valence-corrected chi connectivity index (χ4v) is 6.13. The van der Waals surface area contributed by atoms with E-state index in [2.05, 4.69) is 32.6 Å². The molecule has 3 fully saturated rings. The van der Waals surface area contributed by atoms with Crippen molar-refractivity contribution in [3.63, 3.8) is 0 Å². The minimum absolute atomic E-state index is 0.198. The van der Waals surface area contributed by atoms with Gasteiger partial charge in [-0.25, -0.2) is 0 Å². The van der Waals surface area contributed by atoms with E-state index in [9.17, 15) is 15.3 Å². The Hall–Kier alpha value is -0.940. The summed E-state index contributed by atoms with van der Waals surface area (Å²) < 4.78 is 6.19. The topological polar surface area (TPSA) is 69.9 Å². The quantitative estimate of drug-likeness (QED) is 0.585. The standard InChI is InChI=1S/C26H42O4/c1-17-20(15-21(27)16-24(17)28)9-8-19-7-6-12-26(5)22(10-11-23(19)26)18(2)30-14-13-25(3,4)29/h8-9,18,21-24,27-29H,1,6-7,10-16H2,2-5H3/b19-8+,20-9+/t18-,21?,22?,23?,24-,26?/m0/s1. The summed E-state index contributed by atoms with van der Waals surface area (Å²) in [6.45, 7) is 13.0. The third kappa shape index (κ3) is 5.27. The highest BCUT2D eigenvalue weighted by molar-refractivity contribution is 5.38. The van der Waals surface area contributed by atoms with Crippen LogP contribution in [0.1, 0.15) is 79.1 Å². The van der Waals surface area contributed by atoms with Crippen LogP contribution in [0.5, 0.6) is 0 Å². The second kappa shape index (κ2) is 9.28. The predicted octanol–water partition coefficient (Wildman–Crippen LogP) is 4.69. The van der Waals surface area contributed by atoms with Gasteiger partial charge in [0.05, 0.1) is 23.9 Å². The average Bonchev–Trinajstić information content (AvgIpc) is 3.00. The lowest BCUT2D eigenvalue weighted by Gasteiger charge is -2.44. The highest BCUT2D eigenvalue weighted by Gasteiger charge is 2.51. The maximum Gasteiger partial charge on any atom is 0.0811 e. The van der Waals surface area contributed by atoms with Gasteiger partial charge in [0, 0.05) is 13.0 Å². The molecule has 4 unspecified atom stereocenters. The van der Waals surface area contributed by atoms with Gasteiger partial charge in [0.15, 0.2) is 0 Å². The van der Waals surface area contributed by atoms with Crippen LogP contribution in [0.15, 0.2) is 35.5 Å². The molecule has 3 aliphatic carbocycles. The summed E-state index contributed by atoms with van der Waals surface area (Å²) in [7, 11) is 0. The minimum atomic E-state index is -0.680. The Morgan fingerprint density at radius 1 is 1.27 bits per heavy atom. The van der Waals surface area contributed by atoms with E-state index in [1.54, 1.807) is 0 Å². The van der Waals surface area contributed by atoms with Crippen molar-refractivity contribution in [2.24, 2.45) is 17.3 Å². The Morgan fingerprint density at radius 3 is 2.70 bits per heavy atom. The van der Waals surface area contributed by atoms with Crippen LogP contribution in [0, 0.1) is 17.3 Å². The minimum Gasteiger partial charge on any atom is -0.393 e. The lowest BCUT2D eigenvalue weighted by atomic mass is 9.62. The van der Waals surface area contributed by atoms with Crippen LogP contribution in [0.4, 0.5) is 0 Å². The molecule has 0 aromatic carbocycles. The van der Waals surface area contributed by atoms with E-state index < -0.39 is 17.8 Å². The first-order valence-electron chi connectivity index (χ1n) is 11.8. The van der Waals surface area contributed by atoms with E-state index in [1.807, 2.05) is 13.8 Å². The van der Waals surface area contributed by atoms with Crippen molar-refractivity contribution in [3.8, 4) is 0 Å². The van der Waals surface area contributed by atoms with Gasteiger partial charge < -0.3 is 20.1 Å². The van der Waals surface area contributed by atoms with Gasteiger partial charge in [-0.1, -0.05) is 31.2 Å². The molecular formula is C26H42O4. The van der Waals surface area contributed by atoms with Crippen molar-refractivity contribution in [3.05, 3.63) is 35.5 Å². The Labute approximate surface area is 182 Å². The van der Waals surface area contributed by atoms with Crippen LogP contribution in [0.3, 0.4) is 0 Å². The first kappa shape index (κ1) is 23.7. The number of hydrogen-bond donors (Lipinski definition) is 3. The van der Waals surface area contributed by atoms with Crippen molar-refractivity contribution in [2.45, 2.75) is 103 Å². The first-order chi connectivity index (χ1) is 14.0. The van der Waals surface area contributed by atoms with Crippen LogP contribution >= 0.6 is 0 Å². The fraction of sp³-hybridized carbons (Fsp3) is 0.769. The molecule has 0 radical (unpaired) electrons. The normalized spacial score (nSPS) is 38.8. The van der Waals surface area contributed by atoms with Gasteiger partial charge in [0.25, 0.3) is 0 Å². The largest absolute Gasteiger partial charge is 0.393 e. The number of rotatable bonds is 6. The van der Waals surface area contributed by atoms with Crippen LogP contribution in [0.2, 0.25) is 0 Å². The highest BCUT2D eigenvalue weighted by atomic mass is 16.5. The molecule has 3 saturated carbocycles. The molecule has 170 valence electrons. The van der Waals surface area contributed by atoms with Crippen LogP contribution in [0.25, 0.3) is 0 Å². The van der Waals surface area contributed by atoms with Gasteiger partial charge in [-0.3, -0.25) is 0 Å². The van der Waals surface area contributed by atoms with Gasteiger partial charge in [-0.2, -0.15) is 0 Å². The summed E-state index contributed by atoms with van der Waals surface area (Å²) in [6.07, 6.45) is 11.0. The van der Waals surface area contributed by atoms with E-state index in [1.165, 1.54) is 31.3 Å². The van der Waals surface area contributed by atoms with Gasteiger partial charge in [0.2, 0.25) is 0 Å². The number of aliphatic hydroxyl groups excluding tert-OH is 2. The number of aliphatic hydroxyl groups is 3. The molecule has 0 bridgehead atoms. The van der Waals surface area contributed by atoms with E-state index in [0.717, 1.165) is 17.6 Å². The van der Waals surface area contributed by atoms with Crippen molar-refractivity contribution < 1.29 is 20.1 Å². The highest BCUT2D eigenvalue weighted by Crippen LogP contribution is 2.58. The van der Waals surface area contributed by atoms with Crippen molar-refractivity contribution >= 4 is 0 Å². The molecule has 3 N–H and O–H groups in total. The zero-order valence-electron chi connectivity index (χ0n) is 19.4. The van der Waals surface area contributed by atoms with E-state index >= 15 is 0 Å². The molecular weight excluding hydrogens is 376 g/mol. The van der Waals surface area contributed by atoms with E-state index in [4.69, 9.17) is 4.74 Å². The van der Waals surface area contributed by atoms with Crippen LogP contribution in [-0.4, -0.2) is 45.8 Å². The summed E-state index contributed by atoms with van der Waals surface area (Å²) >= 11 is 0. The summed E-state index contributed by atoms with van der Waals surface area (Å²) in [4.78, 5) is 0. The molecule has 0 amide bonds. The van der Waals surface area contributed by atoms with Crippen LogP contribution < -0.4 is 0 Å². The molecule has 0 aromatic heterocycles. The number of allylic oxidation sites excluding steroid dienone is 3. The summed E-state index contributed by atoms with van der Waals surface area (Å²) in [5.74, 6) is 1.11. The Balaban J connectivity index is 1.70. The zero-order chi connectivity index (χ0) is 22.1. The zero-order valence-corrected chi connectivity index (χ0v) is 19.4. The molecule has 0 spiro atoms. The van der Waals surface area contributed by atoms with Gasteiger partial charge in [0.1, 0.15) is 0 Å². The predicted molar refractivity (Wildman–Crippen MR) is 121 cm³/mol. The smallest absolute Gasteiger partial charge is 0.0811 e. The van der Waals surface area contributed by atoms with Gasteiger partial charge in [-0.15, -0.1) is 0 Å². The van der Waals surface area contributed by atoms with Gasteiger partial charge >= 0.3 is 0 Å². The van der Waals surface area contributed by atoms with E-state index in [-0.39, 0.29) is 11.5 Å². The number of fused-ring (bicyclic) bond motifs is 1. The van der Waals surface area contributed by atoms with Crippen molar-refractivity contribution in [2.75, 3.05) is 6.61 Å². The third-order valence-electron chi connectivity index (χ3n) is 7.96. The molecule has 6 atom stereocenters. The third-order valence-corrected chi connectivity index (χ3v) is 7.96.